The Labute approximate surface area is 242 Å². The Hall–Kier alpha value is -4.12. The van der Waals surface area contributed by atoms with Gasteiger partial charge in [0.2, 0.25) is 0 Å². The van der Waals surface area contributed by atoms with Gasteiger partial charge in [-0.2, -0.15) is 8.78 Å². The number of aliphatic hydroxyl groups is 1. The third kappa shape index (κ3) is 5.53. The van der Waals surface area contributed by atoms with Gasteiger partial charge in [0, 0.05) is 60.2 Å². The SMILES string of the molecule is CC(C)(C)OC(=O)N1CCC(c2ncc(-c3ccc4nc5c(n4c3)[C@@H](c3ccccc3OC(F)F)C[C@H]5O)cn2)CC1. The molecule has 2 aliphatic rings. The fourth-order valence-corrected chi connectivity index (χ4v) is 5.88. The van der Waals surface area contributed by atoms with Gasteiger partial charge >= 0.3 is 12.7 Å². The Bertz CT molecular complexity index is 1590. The van der Waals surface area contributed by atoms with Crippen molar-refractivity contribution in [2.45, 2.75) is 70.2 Å². The predicted molar refractivity (Wildman–Crippen MR) is 150 cm³/mol. The number of piperidine rings is 1. The summed E-state index contributed by atoms with van der Waals surface area (Å²) in [6.45, 7) is 3.80. The molecule has 9 nitrogen and oxygen atoms in total. The summed E-state index contributed by atoms with van der Waals surface area (Å²) in [6.07, 6.45) is 6.21. The summed E-state index contributed by atoms with van der Waals surface area (Å²) < 4.78 is 38.4. The van der Waals surface area contributed by atoms with Crippen LogP contribution in [0.2, 0.25) is 0 Å². The van der Waals surface area contributed by atoms with E-state index in [4.69, 9.17) is 9.47 Å². The van der Waals surface area contributed by atoms with E-state index in [9.17, 15) is 18.7 Å². The molecule has 1 aliphatic carbocycles. The van der Waals surface area contributed by atoms with Gasteiger partial charge in [-0.15, -0.1) is 0 Å². The van der Waals surface area contributed by atoms with E-state index in [1.807, 2.05) is 43.5 Å². The second kappa shape index (κ2) is 10.9. The topological polar surface area (TPSA) is 102 Å². The van der Waals surface area contributed by atoms with E-state index in [1.165, 1.54) is 6.07 Å². The molecule has 1 saturated heterocycles. The molecule has 0 radical (unpaired) electrons. The van der Waals surface area contributed by atoms with Crippen LogP contribution in [0.15, 0.2) is 55.0 Å². The highest BCUT2D eigenvalue weighted by molar-refractivity contribution is 5.68. The third-order valence-corrected chi connectivity index (χ3v) is 7.82. The first-order valence-electron chi connectivity index (χ1n) is 14.1. The minimum absolute atomic E-state index is 0.0876. The molecule has 2 atom stereocenters. The van der Waals surface area contributed by atoms with E-state index in [-0.39, 0.29) is 23.7 Å². The summed E-state index contributed by atoms with van der Waals surface area (Å²) in [7, 11) is 0. The lowest BCUT2D eigenvalue weighted by Crippen LogP contribution is -2.41. The van der Waals surface area contributed by atoms with Gasteiger partial charge in [0.25, 0.3) is 0 Å². The van der Waals surface area contributed by atoms with Gasteiger partial charge < -0.3 is 23.9 Å². The number of pyridine rings is 1. The molecule has 3 aromatic heterocycles. The van der Waals surface area contributed by atoms with Crippen LogP contribution in [0.4, 0.5) is 13.6 Å². The van der Waals surface area contributed by atoms with Crippen molar-refractivity contribution in [1.29, 1.82) is 0 Å². The number of halogens is 2. The molecule has 11 heteroatoms. The number of rotatable bonds is 5. The van der Waals surface area contributed by atoms with Crippen molar-refractivity contribution in [1.82, 2.24) is 24.3 Å². The smallest absolute Gasteiger partial charge is 0.410 e. The van der Waals surface area contributed by atoms with Gasteiger partial charge in [-0.1, -0.05) is 18.2 Å². The fourth-order valence-electron chi connectivity index (χ4n) is 5.88. The van der Waals surface area contributed by atoms with Crippen LogP contribution in [0.25, 0.3) is 16.8 Å². The molecule has 4 heterocycles. The zero-order chi connectivity index (χ0) is 29.6. The summed E-state index contributed by atoms with van der Waals surface area (Å²) in [5, 5.41) is 10.8. The minimum atomic E-state index is -2.95. The summed E-state index contributed by atoms with van der Waals surface area (Å²) in [4.78, 5) is 28.1. The van der Waals surface area contributed by atoms with Crippen LogP contribution in [0.5, 0.6) is 5.75 Å². The molecule has 0 saturated carbocycles. The Morgan fingerprint density at radius 1 is 1.05 bits per heavy atom. The van der Waals surface area contributed by atoms with Gasteiger partial charge in [-0.25, -0.2) is 19.7 Å². The zero-order valence-electron chi connectivity index (χ0n) is 23.7. The second-order valence-corrected chi connectivity index (χ2v) is 11.8. The quantitative estimate of drug-likeness (QED) is 0.307. The molecule has 1 N–H and O–H groups in total. The molecule has 4 aromatic rings. The summed E-state index contributed by atoms with van der Waals surface area (Å²) in [5.74, 6) is 0.603. The van der Waals surface area contributed by atoms with Crippen molar-refractivity contribution < 1.29 is 28.2 Å². The highest BCUT2D eigenvalue weighted by Crippen LogP contribution is 2.47. The summed E-state index contributed by atoms with van der Waals surface area (Å²) in [6, 6.07) is 10.5. The summed E-state index contributed by atoms with van der Waals surface area (Å²) >= 11 is 0. The first kappa shape index (κ1) is 28.0. The average Bonchev–Trinajstić information content (AvgIpc) is 3.49. The average molecular weight is 578 g/mol. The molecule has 0 unspecified atom stereocenters. The maximum absolute atomic E-state index is 13.1. The normalized spacial score (nSPS) is 19.4. The molecule has 0 bridgehead atoms. The number of benzene rings is 1. The van der Waals surface area contributed by atoms with E-state index < -0.39 is 18.3 Å². The highest BCUT2D eigenvalue weighted by Gasteiger charge is 2.37. The van der Waals surface area contributed by atoms with Crippen LogP contribution < -0.4 is 4.74 Å². The number of alkyl halides is 2. The van der Waals surface area contributed by atoms with Crippen molar-refractivity contribution in [2.75, 3.05) is 13.1 Å². The van der Waals surface area contributed by atoms with Crippen molar-refractivity contribution in [3.8, 4) is 16.9 Å². The lowest BCUT2D eigenvalue weighted by Gasteiger charge is -2.32. The number of aromatic nitrogens is 4. The number of carbonyl (C=O) groups is 1. The van der Waals surface area contributed by atoms with Crippen LogP contribution >= 0.6 is 0 Å². The number of carbonyl (C=O) groups excluding carboxylic acids is 1. The first-order valence-corrected chi connectivity index (χ1v) is 14.1. The molecular formula is C31H33F2N5O4. The molecule has 1 fully saturated rings. The Morgan fingerprint density at radius 2 is 1.76 bits per heavy atom. The fraction of sp³-hybridized carbons (Fsp3) is 0.419. The number of nitrogens with zero attached hydrogens (tertiary/aromatic N) is 5. The molecule has 0 spiro atoms. The first-order chi connectivity index (χ1) is 20.1. The molecule has 1 amide bonds. The van der Waals surface area contributed by atoms with Crippen molar-refractivity contribution >= 4 is 11.7 Å². The monoisotopic (exact) mass is 577 g/mol. The van der Waals surface area contributed by atoms with Gasteiger partial charge in [-0.3, -0.25) is 0 Å². The Morgan fingerprint density at radius 3 is 2.45 bits per heavy atom. The molecular weight excluding hydrogens is 544 g/mol. The van der Waals surface area contributed by atoms with Gasteiger partial charge in [0.1, 0.15) is 22.8 Å². The molecule has 42 heavy (non-hydrogen) atoms. The number of para-hydroxylation sites is 1. The predicted octanol–water partition coefficient (Wildman–Crippen LogP) is 6.08. The van der Waals surface area contributed by atoms with Gasteiger partial charge in [0.05, 0.1) is 17.5 Å². The lowest BCUT2D eigenvalue weighted by atomic mass is 9.95. The Balaban J connectivity index is 1.23. The van der Waals surface area contributed by atoms with E-state index in [1.54, 1.807) is 35.5 Å². The largest absolute Gasteiger partial charge is 0.444 e. The number of imidazole rings is 1. The van der Waals surface area contributed by atoms with Crippen LogP contribution in [0.3, 0.4) is 0 Å². The summed E-state index contributed by atoms with van der Waals surface area (Å²) in [5.41, 5.74) is 3.65. The van der Waals surface area contributed by atoms with E-state index in [0.29, 0.717) is 36.4 Å². The standard InChI is InChI=1S/C31H33F2N5O4/c1-31(2,3)42-30(40)37-12-10-18(11-13-37)28-34-15-20(16-35-28)19-8-9-25-36-26-23(39)14-22(27(26)38(25)17-19)21-6-4-5-7-24(21)41-29(32)33/h4-9,15-18,22-23,29,39H,10-14H2,1-3H3/t22-,23-/m1/s1. The number of aliphatic hydroxyl groups excluding tert-OH is 1. The van der Waals surface area contributed by atoms with E-state index >= 15 is 0 Å². The highest BCUT2D eigenvalue weighted by atomic mass is 19.3. The number of ether oxygens (including phenoxy) is 2. The number of fused-ring (bicyclic) bond motifs is 3. The van der Waals surface area contributed by atoms with Crippen molar-refractivity contribution in [3.05, 3.63) is 77.8 Å². The van der Waals surface area contributed by atoms with E-state index in [2.05, 4.69) is 15.0 Å². The number of hydrogen-bond donors (Lipinski definition) is 1. The van der Waals surface area contributed by atoms with Crippen LogP contribution in [-0.2, 0) is 4.74 Å². The van der Waals surface area contributed by atoms with E-state index in [0.717, 1.165) is 35.5 Å². The van der Waals surface area contributed by atoms with Crippen molar-refractivity contribution in [2.24, 2.45) is 0 Å². The zero-order valence-corrected chi connectivity index (χ0v) is 23.7. The molecule has 1 aromatic carbocycles. The third-order valence-electron chi connectivity index (χ3n) is 7.82. The second-order valence-electron chi connectivity index (χ2n) is 11.8. The Kier molecular flexibility index (Phi) is 7.30. The van der Waals surface area contributed by atoms with Crippen molar-refractivity contribution in [3.63, 3.8) is 0 Å². The van der Waals surface area contributed by atoms with Gasteiger partial charge in [-0.05, 0) is 58.2 Å². The maximum Gasteiger partial charge on any atom is 0.410 e. The number of hydrogen-bond acceptors (Lipinski definition) is 7. The van der Waals surface area contributed by atoms with Gasteiger partial charge in [0.15, 0.2) is 0 Å². The maximum atomic E-state index is 13.1. The van der Waals surface area contributed by atoms with Crippen LogP contribution in [0, 0.1) is 0 Å². The molecule has 220 valence electrons. The van der Waals surface area contributed by atoms with Crippen LogP contribution in [-0.4, -0.2) is 60.8 Å². The number of amides is 1. The van der Waals surface area contributed by atoms with Crippen LogP contribution in [0.1, 0.15) is 80.7 Å². The lowest BCUT2D eigenvalue weighted by molar-refractivity contribution is -0.0506. The molecule has 6 rings (SSSR count). The minimum Gasteiger partial charge on any atom is -0.444 e. The molecule has 1 aliphatic heterocycles. The number of likely N-dealkylation sites (tertiary alicyclic amines) is 1.